The Hall–Kier alpha value is -3.28. The first-order valence-electron chi connectivity index (χ1n) is 7.48. The number of hydrogen-bond acceptors (Lipinski definition) is 4. The number of hydrogen-bond donors (Lipinski definition) is 3. The molecule has 1 heterocycles. The van der Waals surface area contributed by atoms with Crippen LogP contribution in [0.5, 0.6) is 5.75 Å². The van der Waals surface area contributed by atoms with Crippen LogP contribution in [0.15, 0.2) is 53.3 Å². The van der Waals surface area contributed by atoms with E-state index in [-0.39, 0.29) is 17.8 Å². The van der Waals surface area contributed by atoms with Gasteiger partial charge in [-0.3, -0.25) is 10.1 Å². The van der Waals surface area contributed by atoms with Crippen molar-refractivity contribution in [2.45, 2.75) is 6.92 Å². The van der Waals surface area contributed by atoms with E-state index in [1.54, 1.807) is 43.3 Å². The number of carbonyl (C=O) groups excluding carboxylic acids is 1. The van der Waals surface area contributed by atoms with Gasteiger partial charge in [0.2, 0.25) is 0 Å². The zero-order valence-electron chi connectivity index (χ0n) is 13.0. The normalized spacial score (nSPS) is 10.5. The third-order valence-electron chi connectivity index (χ3n) is 3.57. The number of aromatic nitrogens is 1. The van der Waals surface area contributed by atoms with Crippen LogP contribution >= 0.6 is 0 Å². The highest BCUT2D eigenvalue weighted by molar-refractivity contribution is 5.92. The van der Waals surface area contributed by atoms with Crippen molar-refractivity contribution >= 4 is 22.7 Å². The Bertz CT molecular complexity index is 963. The van der Waals surface area contributed by atoms with Crippen LogP contribution in [0, 0.1) is 0 Å². The summed E-state index contributed by atoms with van der Waals surface area (Å²) in [4.78, 5) is 27.1. The number of benzene rings is 2. The van der Waals surface area contributed by atoms with E-state index < -0.39 is 6.09 Å². The van der Waals surface area contributed by atoms with E-state index in [1.165, 1.54) is 12.1 Å². The molecular formula is C18H16N2O4. The number of pyridine rings is 1. The molecule has 3 rings (SSSR count). The molecule has 122 valence electrons. The second kappa shape index (κ2) is 6.45. The average molecular weight is 324 g/mol. The first-order valence-corrected chi connectivity index (χ1v) is 7.48. The van der Waals surface area contributed by atoms with E-state index in [1.807, 2.05) is 0 Å². The lowest BCUT2D eigenvalue weighted by molar-refractivity contribution is 0.168. The zero-order valence-corrected chi connectivity index (χ0v) is 13.0. The van der Waals surface area contributed by atoms with Crippen molar-refractivity contribution in [2.24, 2.45) is 0 Å². The Labute approximate surface area is 137 Å². The molecule has 0 fully saturated rings. The summed E-state index contributed by atoms with van der Waals surface area (Å²) in [5.74, 6) is -0.0118. The molecule has 2 aromatic carbocycles. The molecule has 0 saturated heterocycles. The van der Waals surface area contributed by atoms with Crippen LogP contribution in [-0.4, -0.2) is 22.8 Å². The summed E-state index contributed by atoms with van der Waals surface area (Å²) >= 11 is 0. The predicted molar refractivity (Wildman–Crippen MR) is 92.3 cm³/mol. The second-order valence-electron chi connectivity index (χ2n) is 5.14. The highest BCUT2D eigenvalue weighted by Gasteiger charge is 2.12. The van der Waals surface area contributed by atoms with Crippen LogP contribution in [0.25, 0.3) is 22.2 Å². The summed E-state index contributed by atoms with van der Waals surface area (Å²) < 4.78 is 4.89. The van der Waals surface area contributed by atoms with Gasteiger partial charge in [-0.1, -0.05) is 24.3 Å². The van der Waals surface area contributed by atoms with E-state index in [9.17, 15) is 14.7 Å². The number of anilines is 1. The third kappa shape index (κ3) is 2.94. The lowest BCUT2D eigenvalue weighted by atomic mass is 10.1. The van der Waals surface area contributed by atoms with E-state index in [2.05, 4.69) is 10.3 Å². The number of rotatable bonds is 3. The van der Waals surface area contributed by atoms with Gasteiger partial charge in [-0.15, -0.1) is 0 Å². The quantitative estimate of drug-likeness (QED) is 0.688. The molecule has 0 atom stereocenters. The number of H-pyrrole nitrogens is 1. The van der Waals surface area contributed by atoms with Gasteiger partial charge in [0.25, 0.3) is 0 Å². The summed E-state index contributed by atoms with van der Waals surface area (Å²) in [7, 11) is 0. The van der Waals surface area contributed by atoms with Crippen molar-refractivity contribution in [3.05, 3.63) is 58.8 Å². The monoisotopic (exact) mass is 324 g/mol. The van der Waals surface area contributed by atoms with Crippen molar-refractivity contribution in [1.29, 1.82) is 0 Å². The molecule has 0 aliphatic heterocycles. The lowest BCUT2D eigenvalue weighted by Crippen LogP contribution is -2.14. The Morgan fingerprint density at radius 3 is 2.79 bits per heavy atom. The molecule has 0 unspecified atom stereocenters. The topological polar surface area (TPSA) is 91.4 Å². The van der Waals surface area contributed by atoms with Gasteiger partial charge in [0.15, 0.2) is 5.43 Å². The van der Waals surface area contributed by atoms with Crippen molar-refractivity contribution in [1.82, 2.24) is 4.98 Å². The number of phenolic OH excluding ortho intramolecular Hbond substituents is 1. The van der Waals surface area contributed by atoms with Gasteiger partial charge < -0.3 is 14.8 Å². The minimum atomic E-state index is -0.573. The summed E-state index contributed by atoms with van der Waals surface area (Å²) in [6.45, 7) is 1.98. The molecule has 3 aromatic rings. The molecule has 0 radical (unpaired) electrons. The molecule has 6 nitrogen and oxygen atoms in total. The summed E-state index contributed by atoms with van der Waals surface area (Å²) in [5, 5.41) is 13.0. The van der Waals surface area contributed by atoms with E-state index in [4.69, 9.17) is 4.74 Å². The first kappa shape index (κ1) is 15.6. The third-order valence-corrected chi connectivity index (χ3v) is 3.57. The SMILES string of the molecule is CCOC(=O)Nc1ccccc1-c1cc(=O)c2cccc(O)c2[nH]1. The Morgan fingerprint density at radius 2 is 2.00 bits per heavy atom. The van der Waals surface area contributed by atoms with Crippen molar-refractivity contribution < 1.29 is 14.6 Å². The average Bonchev–Trinajstić information content (AvgIpc) is 2.56. The van der Waals surface area contributed by atoms with Crippen molar-refractivity contribution in [3.63, 3.8) is 0 Å². The summed E-state index contributed by atoms with van der Waals surface area (Å²) in [6.07, 6.45) is -0.573. The highest BCUT2D eigenvalue weighted by atomic mass is 16.5. The summed E-state index contributed by atoms with van der Waals surface area (Å²) in [6, 6.07) is 13.2. The molecule has 6 heteroatoms. The number of phenols is 1. The number of aromatic amines is 1. The molecule has 1 aromatic heterocycles. The Balaban J connectivity index is 2.13. The van der Waals surface area contributed by atoms with Crippen LogP contribution in [0.1, 0.15) is 6.92 Å². The minimum absolute atomic E-state index is 0.0118. The van der Waals surface area contributed by atoms with Gasteiger partial charge in [-0.05, 0) is 25.1 Å². The predicted octanol–water partition coefficient (Wildman–Crippen LogP) is 3.47. The molecule has 0 saturated carbocycles. The number of amides is 1. The number of para-hydroxylation sites is 2. The molecule has 0 aliphatic rings. The van der Waals surface area contributed by atoms with E-state index in [0.717, 1.165) is 0 Å². The fourth-order valence-electron chi connectivity index (χ4n) is 2.51. The molecule has 0 bridgehead atoms. The molecule has 24 heavy (non-hydrogen) atoms. The maximum atomic E-state index is 12.3. The fourth-order valence-corrected chi connectivity index (χ4v) is 2.51. The Kier molecular flexibility index (Phi) is 4.20. The van der Waals surface area contributed by atoms with Crippen LogP contribution in [-0.2, 0) is 4.74 Å². The number of fused-ring (bicyclic) bond motifs is 1. The number of aromatic hydroxyl groups is 1. The first-order chi connectivity index (χ1) is 11.6. The zero-order chi connectivity index (χ0) is 17.1. The minimum Gasteiger partial charge on any atom is -0.506 e. The highest BCUT2D eigenvalue weighted by Crippen LogP contribution is 2.28. The number of carbonyl (C=O) groups is 1. The van der Waals surface area contributed by atoms with Gasteiger partial charge in [-0.2, -0.15) is 0 Å². The van der Waals surface area contributed by atoms with Gasteiger partial charge >= 0.3 is 6.09 Å². The van der Waals surface area contributed by atoms with Crippen LogP contribution in [0.3, 0.4) is 0 Å². The standard InChI is InChI=1S/C18H16N2O4/c1-2-24-18(23)20-13-8-4-3-6-11(13)14-10-16(22)12-7-5-9-15(21)17(12)19-14/h3-10,21H,2H2,1H3,(H,19,22)(H,20,23). The van der Waals surface area contributed by atoms with Gasteiger partial charge in [0, 0.05) is 17.0 Å². The van der Waals surface area contributed by atoms with Crippen LogP contribution < -0.4 is 10.7 Å². The molecule has 3 N–H and O–H groups in total. The fraction of sp³-hybridized carbons (Fsp3) is 0.111. The largest absolute Gasteiger partial charge is 0.506 e. The van der Waals surface area contributed by atoms with E-state index >= 15 is 0 Å². The van der Waals surface area contributed by atoms with Crippen LogP contribution in [0.4, 0.5) is 10.5 Å². The number of ether oxygens (including phenoxy) is 1. The van der Waals surface area contributed by atoms with Gasteiger partial charge in [-0.25, -0.2) is 4.79 Å². The smallest absolute Gasteiger partial charge is 0.411 e. The molecular weight excluding hydrogens is 308 g/mol. The van der Waals surface area contributed by atoms with Crippen molar-refractivity contribution in [2.75, 3.05) is 11.9 Å². The second-order valence-corrected chi connectivity index (χ2v) is 5.14. The van der Waals surface area contributed by atoms with E-state index in [0.29, 0.717) is 27.8 Å². The molecule has 0 spiro atoms. The van der Waals surface area contributed by atoms with Crippen LogP contribution in [0.2, 0.25) is 0 Å². The van der Waals surface area contributed by atoms with Crippen molar-refractivity contribution in [3.8, 4) is 17.0 Å². The number of nitrogens with one attached hydrogen (secondary N) is 2. The molecule has 0 aliphatic carbocycles. The Morgan fingerprint density at radius 1 is 1.21 bits per heavy atom. The molecule has 1 amide bonds. The maximum absolute atomic E-state index is 12.3. The lowest BCUT2D eigenvalue weighted by Gasteiger charge is -2.12. The van der Waals surface area contributed by atoms with Gasteiger partial charge in [0.05, 0.1) is 23.5 Å². The van der Waals surface area contributed by atoms with Gasteiger partial charge in [0.1, 0.15) is 5.75 Å². The maximum Gasteiger partial charge on any atom is 0.411 e. The summed E-state index contributed by atoms with van der Waals surface area (Å²) in [5.41, 5.74) is 1.74.